The Morgan fingerprint density at radius 3 is 2.79 bits per heavy atom. The number of nitrogens with zero attached hydrogens (tertiary/aromatic N) is 1. The average Bonchev–Trinajstić information content (AvgIpc) is 2.39. The highest BCUT2D eigenvalue weighted by Gasteiger charge is 2.10. The second-order valence-electron chi connectivity index (χ2n) is 4.71. The van der Waals surface area contributed by atoms with Gasteiger partial charge in [-0.25, -0.2) is 0 Å². The SMILES string of the molecule is CCN(CCCOc1cccc(N)c1)C(C)COC. The summed E-state index contributed by atoms with van der Waals surface area (Å²) in [6.45, 7) is 7.88. The minimum Gasteiger partial charge on any atom is -0.493 e. The van der Waals surface area contributed by atoms with Crippen molar-refractivity contribution in [2.24, 2.45) is 0 Å². The quantitative estimate of drug-likeness (QED) is 0.551. The first-order valence-corrected chi connectivity index (χ1v) is 6.88. The average molecular weight is 266 g/mol. The van der Waals surface area contributed by atoms with Gasteiger partial charge in [-0.05, 0) is 32.0 Å². The molecular weight excluding hydrogens is 240 g/mol. The lowest BCUT2D eigenvalue weighted by molar-refractivity contribution is 0.0985. The van der Waals surface area contributed by atoms with E-state index in [1.54, 1.807) is 7.11 Å². The number of rotatable bonds is 9. The van der Waals surface area contributed by atoms with E-state index in [1.165, 1.54) is 0 Å². The second-order valence-corrected chi connectivity index (χ2v) is 4.71. The van der Waals surface area contributed by atoms with Crippen molar-refractivity contribution < 1.29 is 9.47 Å². The summed E-state index contributed by atoms with van der Waals surface area (Å²) in [6.07, 6.45) is 0.997. The first-order valence-electron chi connectivity index (χ1n) is 6.88. The highest BCUT2D eigenvalue weighted by molar-refractivity contribution is 5.43. The number of benzene rings is 1. The van der Waals surface area contributed by atoms with Crippen molar-refractivity contribution >= 4 is 5.69 Å². The van der Waals surface area contributed by atoms with E-state index in [9.17, 15) is 0 Å². The van der Waals surface area contributed by atoms with Crippen molar-refractivity contribution in [1.29, 1.82) is 0 Å². The Kier molecular flexibility index (Phi) is 7.30. The van der Waals surface area contributed by atoms with Gasteiger partial charge in [-0.1, -0.05) is 13.0 Å². The van der Waals surface area contributed by atoms with E-state index in [0.717, 1.165) is 37.6 Å². The van der Waals surface area contributed by atoms with Gasteiger partial charge in [0.1, 0.15) is 5.75 Å². The van der Waals surface area contributed by atoms with Gasteiger partial charge in [-0.3, -0.25) is 4.90 Å². The highest BCUT2D eigenvalue weighted by atomic mass is 16.5. The summed E-state index contributed by atoms with van der Waals surface area (Å²) in [5, 5.41) is 0. The summed E-state index contributed by atoms with van der Waals surface area (Å²) in [5.41, 5.74) is 6.44. The fraction of sp³-hybridized carbons (Fsp3) is 0.600. The molecule has 0 bridgehead atoms. The topological polar surface area (TPSA) is 47.7 Å². The minimum atomic E-state index is 0.447. The minimum absolute atomic E-state index is 0.447. The van der Waals surface area contributed by atoms with Crippen LogP contribution in [-0.4, -0.2) is 44.4 Å². The predicted molar refractivity (Wildman–Crippen MR) is 79.6 cm³/mol. The lowest BCUT2D eigenvalue weighted by atomic mass is 10.2. The molecule has 1 rings (SSSR count). The molecule has 0 radical (unpaired) electrons. The Labute approximate surface area is 116 Å². The zero-order valence-corrected chi connectivity index (χ0v) is 12.3. The maximum absolute atomic E-state index is 5.70. The molecule has 0 saturated carbocycles. The van der Waals surface area contributed by atoms with Gasteiger partial charge in [-0.2, -0.15) is 0 Å². The van der Waals surface area contributed by atoms with Crippen LogP contribution in [0.4, 0.5) is 5.69 Å². The van der Waals surface area contributed by atoms with E-state index < -0.39 is 0 Å². The van der Waals surface area contributed by atoms with Crippen LogP contribution in [0.3, 0.4) is 0 Å². The van der Waals surface area contributed by atoms with E-state index in [2.05, 4.69) is 18.7 Å². The normalized spacial score (nSPS) is 12.6. The van der Waals surface area contributed by atoms with Crippen molar-refractivity contribution in [2.75, 3.05) is 39.1 Å². The molecule has 0 saturated heterocycles. The van der Waals surface area contributed by atoms with Crippen LogP contribution in [0.1, 0.15) is 20.3 Å². The first kappa shape index (κ1) is 15.8. The Bertz CT molecular complexity index is 358. The molecule has 0 spiro atoms. The summed E-state index contributed by atoms with van der Waals surface area (Å²) in [6, 6.07) is 8.00. The van der Waals surface area contributed by atoms with Crippen molar-refractivity contribution in [2.45, 2.75) is 26.3 Å². The lowest BCUT2D eigenvalue weighted by Gasteiger charge is -2.27. The Balaban J connectivity index is 2.25. The Morgan fingerprint density at radius 1 is 1.37 bits per heavy atom. The molecule has 0 aliphatic heterocycles. The van der Waals surface area contributed by atoms with Crippen LogP contribution in [-0.2, 0) is 4.74 Å². The number of nitrogens with two attached hydrogens (primary N) is 1. The number of likely N-dealkylation sites (N-methyl/N-ethyl adjacent to an activating group) is 1. The third-order valence-corrected chi connectivity index (χ3v) is 3.15. The maximum atomic E-state index is 5.70. The lowest BCUT2D eigenvalue weighted by Crippen LogP contribution is -2.37. The molecule has 108 valence electrons. The van der Waals surface area contributed by atoms with Gasteiger partial charge in [0.2, 0.25) is 0 Å². The molecule has 1 aromatic rings. The largest absolute Gasteiger partial charge is 0.493 e. The van der Waals surface area contributed by atoms with Crippen LogP contribution >= 0.6 is 0 Å². The van der Waals surface area contributed by atoms with Gasteiger partial charge in [-0.15, -0.1) is 0 Å². The van der Waals surface area contributed by atoms with E-state index in [-0.39, 0.29) is 0 Å². The number of nitrogen functional groups attached to an aromatic ring is 1. The van der Waals surface area contributed by atoms with Crippen molar-refractivity contribution in [3.8, 4) is 5.75 Å². The molecule has 4 nitrogen and oxygen atoms in total. The summed E-state index contributed by atoms with van der Waals surface area (Å²) in [5.74, 6) is 0.841. The summed E-state index contributed by atoms with van der Waals surface area (Å²) in [4.78, 5) is 2.40. The Hall–Kier alpha value is -1.26. The van der Waals surface area contributed by atoms with Gasteiger partial charge in [0.25, 0.3) is 0 Å². The Morgan fingerprint density at radius 2 is 2.16 bits per heavy atom. The van der Waals surface area contributed by atoms with Gasteiger partial charge in [0, 0.05) is 31.5 Å². The number of anilines is 1. The summed E-state index contributed by atoms with van der Waals surface area (Å²) in [7, 11) is 1.74. The van der Waals surface area contributed by atoms with Crippen LogP contribution in [0.5, 0.6) is 5.75 Å². The van der Waals surface area contributed by atoms with Crippen LogP contribution in [0.25, 0.3) is 0 Å². The van der Waals surface area contributed by atoms with Crippen molar-refractivity contribution in [3.63, 3.8) is 0 Å². The molecule has 4 heteroatoms. The van der Waals surface area contributed by atoms with Gasteiger partial charge < -0.3 is 15.2 Å². The van der Waals surface area contributed by atoms with E-state index in [1.807, 2.05) is 24.3 Å². The molecule has 2 N–H and O–H groups in total. The van der Waals surface area contributed by atoms with Crippen molar-refractivity contribution in [3.05, 3.63) is 24.3 Å². The molecule has 0 heterocycles. The second kappa shape index (κ2) is 8.77. The molecule has 1 atom stereocenters. The summed E-state index contributed by atoms with van der Waals surface area (Å²) >= 11 is 0. The first-order chi connectivity index (χ1) is 9.17. The highest BCUT2D eigenvalue weighted by Crippen LogP contribution is 2.14. The van der Waals surface area contributed by atoms with Crippen LogP contribution in [0.2, 0.25) is 0 Å². The number of hydrogen-bond acceptors (Lipinski definition) is 4. The number of methoxy groups -OCH3 is 1. The van der Waals surface area contributed by atoms with E-state index in [4.69, 9.17) is 15.2 Å². The third-order valence-electron chi connectivity index (χ3n) is 3.15. The molecule has 1 unspecified atom stereocenters. The maximum Gasteiger partial charge on any atom is 0.121 e. The fourth-order valence-corrected chi connectivity index (χ4v) is 2.10. The third kappa shape index (κ3) is 5.94. The standard InChI is InChI=1S/C15H26N2O2/c1-4-17(13(2)12-18-3)9-6-10-19-15-8-5-7-14(16)11-15/h5,7-8,11,13H,4,6,9-10,12,16H2,1-3H3. The molecule has 0 fully saturated rings. The smallest absolute Gasteiger partial charge is 0.121 e. The fourth-order valence-electron chi connectivity index (χ4n) is 2.10. The van der Waals surface area contributed by atoms with Gasteiger partial charge in [0.05, 0.1) is 13.2 Å². The monoisotopic (exact) mass is 266 g/mol. The zero-order chi connectivity index (χ0) is 14.1. The molecular formula is C15H26N2O2. The molecule has 0 amide bonds. The van der Waals surface area contributed by atoms with Gasteiger partial charge >= 0.3 is 0 Å². The van der Waals surface area contributed by atoms with E-state index >= 15 is 0 Å². The van der Waals surface area contributed by atoms with Crippen LogP contribution in [0, 0.1) is 0 Å². The molecule has 0 aliphatic carbocycles. The molecule has 1 aromatic carbocycles. The van der Waals surface area contributed by atoms with Crippen LogP contribution < -0.4 is 10.5 Å². The summed E-state index contributed by atoms with van der Waals surface area (Å²) < 4.78 is 10.9. The van der Waals surface area contributed by atoms with Crippen LogP contribution in [0.15, 0.2) is 24.3 Å². The molecule has 19 heavy (non-hydrogen) atoms. The number of ether oxygens (including phenoxy) is 2. The van der Waals surface area contributed by atoms with Crippen molar-refractivity contribution in [1.82, 2.24) is 4.90 Å². The van der Waals surface area contributed by atoms with Gasteiger partial charge in [0.15, 0.2) is 0 Å². The number of hydrogen-bond donors (Lipinski definition) is 1. The molecule has 0 aliphatic rings. The zero-order valence-electron chi connectivity index (χ0n) is 12.3. The molecule has 0 aromatic heterocycles. The predicted octanol–water partition coefficient (Wildman–Crippen LogP) is 2.39. The van der Waals surface area contributed by atoms with E-state index in [0.29, 0.717) is 12.6 Å².